The molecule has 1 aliphatic rings. The van der Waals surface area contributed by atoms with Crippen LogP contribution in [0.2, 0.25) is 0 Å². The van der Waals surface area contributed by atoms with Gasteiger partial charge < -0.3 is 4.74 Å². The summed E-state index contributed by atoms with van der Waals surface area (Å²) >= 11 is 0. The van der Waals surface area contributed by atoms with E-state index in [4.69, 9.17) is 4.74 Å². The van der Waals surface area contributed by atoms with Crippen LogP contribution in [0, 0.1) is 0 Å². The molecule has 15 heavy (non-hydrogen) atoms. The first kappa shape index (κ1) is 8.72. The Labute approximate surface area is 88.9 Å². The Morgan fingerprint density at radius 1 is 1.33 bits per heavy atom. The van der Waals surface area contributed by atoms with Crippen molar-refractivity contribution in [3.8, 4) is 5.75 Å². The summed E-state index contributed by atoms with van der Waals surface area (Å²) in [6, 6.07) is 8.24. The van der Waals surface area contributed by atoms with Crippen LogP contribution in [-0.2, 0) is 0 Å². The Bertz CT molecular complexity index is 503. The molecule has 1 fully saturated rings. The van der Waals surface area contributed by atoms with Gasteiger partial charge in [-0.15, -0.1) is 0 Å². The quantitative estimate of drug-likeness (QED) is 0.741. The van der Waals surface area contributed by atoms with E-state index < -0.39 is 0 Å². The SMILES string of the molecule is COc1cccc2cnc(C3CC3)cc12. The second kappa shape index (κ2) is 3.23. The molecule has 3 rings (SSSR count). The lowest BCUT2D eigenvalue weighted by atomic mass is 10.1. The minimum atomic E-state index is 0.694. The Balaban J connectivity index is 2.22. The molecule has 0 unspecified atom stereocenters. The van der Waals surface area contributed by atoms with Crippen molar-refractivity contribution in [2.45, 2.75) is 18.8 Å². The monoisotopic (exact) mass is 199 g/mol. The Morgan fingerprint density at radius 2 is 2.20 bits per heavy atom. The van der Waals surface area contributed by atoms with Crippen molar-refractivity contribution in [3.63, 3.8) is 0 Å². The summed E-state index contributed by atoms with van der Waals surface area (Å²) in [6.07, 6.45) is 4.52. The van der Waals surface area contributed by atoms with Gasteiger partial charge >= 0.3 is 0 Å². The van der Waals surface area contributed by atoms with Gasteiger partial charge in [-0.05, 0) is 25.0 Å². The summed E-state index contributed by atoms with van der Waals surface area (Å²) in [4.78, 5) is 4.49. The number of hydrogen-bond acceptors (Lipinski definition) is 2. The van der Waals surface area contributed by atoms with Crippen LogP contribution in [0.25, 0.3) is 10.8 Å². The number of benzene rings is 1. The number of ether oxygens (including phenoxy) is 1. The van der Waals surface area contributed by atoms with E-state index in [0.717, 1.165) is 11.1 Å². The number of pyridine rings is 1. The van der Waals surface area contributed by atoms with Crippen LogP contribution in [0.15, 0.2) is 30.5 Å². The van der Waals surface area contributed by atoms with Gasteiger partial charge in [-0.3, -0.25) is 4.98 Å². The predicted octanol–water partition coefficient (Wildman–Crippen LogP) is 3.12. The third kappa shape index (κ3) is 1.46. The molecule has 2 heteroatoms. The molecule has 0 bridgehead atoms. The molecule has 1 aromatic heterocycles. The standard InChI is InChI=1S/C13H13NO/c1-15-13-4-2-3-10-8-14-12(7-11(10)13)9-5-6-9/h2-4,7-9H,5-6H2,1H3. The van der Waals surface area contributed by atoms with E-state index in [-0.39, 0.29) is 0 Å². The molecule has 1 saturated carbocycles. The zero-order chi connectivity index (χ0) is 10.3. The van der Waals surface area contributed by atoms with Crippen molar-refractivity contribution in [3.05, 3.63) is 36.2 Å². The molecule has 2 aromatic rings. The molecular weight excluding hydrogens is 186 g/mol. The van der Waals surface area contributed by atoms with Crippen molar-refractivity contribution in [2.24, 2.45) is 0 Å². The molecule has 2 nitrogen and oxygen atoms in total. The van der Waals surface area contributed by atoms with E-state index in [2.05, 4.69) is 17.1 Å². The van der Waals surface area contributed by atoms with Gasteiger partial charge in [0.05, 0.1) is 7.11 Å². The average molecular weight is 199 g/mol. The largest absolute Gasteiger partial charge is 0.496 e. The first-order valence-corrected chi connectivity index (χ1v) is 5.31. The van der Waals surface area contributed by atoms with Crippen LogP contribution in [0.1, 0.15) is 24.5 Å². The van der Waals surface area contributed by atoms with Crippen LogP contribution >= 0.6 is 0 Å². The van der Waals surface area contributed by atoms with Gasteiger partial charge in [-0.25, -0.2) is 0 Å². The van der Waals surface area contributed by atoms with E-state index in [0.29, 0.717) is 5.92 Å². The predicted molar refractivity (Wildman–Crippen MR) is 60.3 cm³/mol. The lowest BCUT2D eigenvalue weighted by molar-refractivity contribution is 0.420. The molecule has 0 amide bonds. The number of nitrogens with zero attached hydrogens (tertiary/aromatic N) is 1. The van der Waals surface area contributed by atoms with E-state index in [1.54, 1.807) is 7.11 Å². The minimum absolute atomic E-state index is 0.694. The summed E-state index contributed by atoms with van der Waals surface area (Å²) in [7, 11) is 1.71. The van der Waals surface area contributed by atoms with Crippen LogP contribution in [0.3, 0.4) is 0 Å². The Kier molecular flexibility index (Phi) is 1.88. The van der Waals surface area contributed by atoms with Crippen molar-refractivity contribution >= 4 is 10.8 Å². The van der Waals surface area contributed by atoms with E-state index in [9.17, 15) is 0 Å². The van der Waals surface area contributed by atoms with Crippen LogP contribution in [0.5, 0.6) is 5.75 Å². The third-order valence-corrected chi connectivity index (χ3v) is 2.96. The maximum Gasteiger partial charge on any atom is 0.126 e. The average Bonchev–Trinajstić information content (AvgIpc) is 3.11. The molecule has 0 radical (unpaired) electrons. The zero-order valence-electron chi connectivity index (χ0n) is 8.73. The maximum absolute atomic E-state index is 5.35. The van der Waals surface area contributed by atoms with Crippen molar-refractivity contribution in [1.82, 2.24) is 4.98 Å². The van der Waals surface area contributed by atoms with Gasteiger partial charge in [0.15, 0.2) is 0 Å². The van der Waals surface area contributed by atoms with Crippen LogP contribution < -0.4 is 4.74 Å². The van der Waals surface area contributed by atoms with Gasteiger partial charge in [0, 0.05) is 28.6 Å². The molecule has 1 aliphatic carbocycles. The summed E-state index contributed by atoms with van der Waals surface area (Å²) in [5.74, 6) is 1.64. The van der Waals surface area contributed by atoms with Crippen molar-refractivity contribution in [1.29, 1.82) is 0 Å². The molecule has 0 N–H and O–H groups in total. The second-order valence-corrected chi connectivity index (χ2v) is 4.06. The summed E-state index contributed by atoms with van der Waals surface area (Å²) in [5, 5.41) is 2.33. The zero-order valence-corrected chi connectivity index (χ0v) is 8.73. The molecule has 1 heterocycles. The molecular formula is C13H13NO. The molecule has 76 valence electrons. The summed E-state index contributed by atoms with van der Waals surface area (Å²) in [5.41, 5.74) is 1.21. The first-order chi connectivity index (χ1) is 7.38. The lowest BCUT2D eigenvalue weighted by Crippen LogP contribution is -1.89. The number of methoxy groups -OCH3 is 1. The number of fused-ring (bicyclic) bond motifs is 1. The van der Waals surface area contributed by atoms with Crippen molar-refractivity contribution in [2.75, 3.05) is 7.11 Å². The minimum Gasteiger partial charge on any atom is -0.496 e. The highest BCUT2D eigenvalue weighted by atomic mass is 16.5. The summed E-state index contributed by atoms with van der Waals surface area (Å²) in [6.45, 7) is 0. The highest BCUT2D eigenvalue weighted by Gasteiger charge is 2.25. The van der Waals surface area contributed by atoms with Crippen LogP contribution in [0.4, 0.5) is 0 Å². The topological polar surface area (TPSA) is 22.1 Å². The van der Waals surface area contributed by atoms with Gasteiger partial charge in [-0.2, -0.15) is 0 Å². The van der Waals surface area contributed by atoms with Gasteiger partial charge in [0.2, 0.25) is 0 Å². The van der Waals surface area contributed by atoms with Crippen molar-refractivity contribution < 1.29 is 4.74 Å². The molecule has 0 aliphatic heterocycles. The smallest absolute Gasteiger partial charge is 0.126 e. The van der Waals surface area contributed by atoms with Crippen LogP contribution in [-0.4, -0.2) is 12.1 Å². The fraction of sp³-hybridized carbons (Fsp3) is 0.308. The highest BCUT2D eigenvalue weighted by molar-refractivity contribution is 5.88. The second-order valence-electron chi connectivity index (χ2n) is 4.06. The Morgan fingerprint density at radius 3 is 2.93 bits per heavy atom. The summed E-state index contributed by atoms with van der Waals surface area (Å²) < 4.78 is 5.35. The molecule has 0 atom stereocenters. The number of rotatable bonds is 2. The van der Waals surface area contributed by atoms with Gasteiger partial charge in [0.25, 0.3) is 0 Å². The van der Waals surface area contributed by atoms with Gasteiger partial charge in [0.1, 0.15) is 5.75 Å². The number of hydrogen-bond donors (Lipinski definition) is 0. The molecule has 0 spiro atoms. The molecule has 0 saturated heterocycles. The first-order valence-electron chi connectivity index (χ1n) is 5.31. The van der Waals surface area contributed by atoms with E-state index in [1.165, 1.54) is 23.9 Å². The Hall–Kier alpha value is -1.57. The highest BCUT2D eigenvalue weighted by Crippen LogP contribution is 2.40. The normalized spacial score (nSPS) is 15.5. The van der Waals surface area contributed by atoms with E-state index in [1.807, 2.05) is 18.3 Å². The fourth-order valence-electron chi connectivity index (χ4n) is 1.94. The number of aromatic nitrogens is 1. The van der Waals surface area contributed by atoms with E-state index >= 15 is 0 Å². The maximum atomic E-state index is 5.35. The fourth-order valence-corrected chi connectivity index (χ4v) is 1.94. The third-order valence-electron chi connectivity index (χ3n) is 2.96. The lowest BCUT2D eigenvalue weighted by Gasteiger charge is -2.06. The molecule has 1 aromatic carbocycles. The van der Waals surface area contributed by atoms with Gasteiger partial charge in [-0.1, -0.05) is 12.1 Å².